The summed E-state index contributed by atoms with van der Waals surface area (Å²) in [5.41, 5.74) is 1.90. The van der Waals surface area contributed by atoms with E-state index in [0.717, 1.165) is 5.92 Å². The van der Waals surface area contributed by atoms with Gasteiger partial charge in [-0.05, 0) is 37.3 Å². The second-order valence-electron chi connectivity index (χ2n) is 7.40. The Balaban J connectivity index is 1.73. The molecule has 0 bridgehead atoms. The standard InChI is InChI=1S/C19H30N2/c1-16(2)10-13-21-14-18(17-8-4-3-5-9-17)20-15-19(21)11-6-7-12-19/h3-5,8-9,16,18,20H,6-7,10-15H2,1-2H3. The smallest absolute Gasteiger partial charge is 0.0450 e. The fourth-order valence-corrected chi connectivity index (χ4v) is 4.08. The molecule has 2 aliphatic rings. The molecule has 1 saturated carbocycles. The average molecular weight is 286 g/mol. The van der Waals surface area contributed by atoms with Crippen molar-refractivity contribution in [2.45, 2.75) is 57.5 Å². The van der Waals surface area contributed by atoms with Crippen LogP contribution in [0.15, 0.2) is 30.3 Å². The van der Waals surface area contributed by atoms with Gasteiger partial charge >= 0.3 is 0 Å². The van der Waals surface area contributed by atoms with Gasteiger partial charge in [-0.2, -0.15) is 0 Å². The monoisotopic (exact) mass is 286 g/mol. The summed E-state index contributed by atoms with van der Waals surface area (Å²) in [5.74, 6) is 0.800. The van der Waals surface area contributed by atoms with Gasteiger partial charge in [-0.1, -0.05) is 57.0 Å². The molecule has 116 valence electrons. The lowest BCUT2D eigenvalue weighted by Crippen LogP contribution is -2.61. The lowest BCUT2D eigenvalue weighted by molar-refractivity contribution is 0.0388. The zero-order valence-corrected chi connectivity index (χ0v) is 13.6. The third-order valence-electron chi connectivity index (χ3n) is 5.46. The van der Waals surface area contributed by atoms with Crippen LogP contribution in [0.3, 0.4) is 0 Å². The highest BCUT2D eigenvalue weighted by Gasteiger charge is 2.43. The number of hydrogen-bond acceptors (Lipinski definition) is 2. The summed E-state index contributed by atoms with van der Waals surface area (Å²) in [6.07, 6.45) is 6.92. The zero-order chi connectivity index (χ0) is 14.7. The maximum Gasteiger partial charge on any atom is 0.0450 e. The average Bonchev–Trinajstić information content (AvgIpc) is 2.96. The Labute approximate surface area is 129 Å². The number of nitrogens with one attached hydrogen (secondary N) is 1. The van der Waals surface area contributed by atoms with Crippen molar-refractivity contribution >= 4 is 0 Å². The molecule has 1 aliphatic heterocycles. The van der Waals surface area contributed by atoms with E-state index < -0.39 is 0 Å². The molecule has 0 amide bonds. The van der Waals surface area contributed by atoms with E-state index in [4.69, 9.17) is 0 Å². The van der Waals surface area contributed by atoms with Gasteiger partial charge in [-0.3, -0.25) is 4.90 Å². The van der Waals surface area contributed by atoms with Crippen molar-refractivity contribution < 1.29 is 0 Å². The highest BCUT2D eigenvalue weighted by molar-refractivity contribution is 5.21. The SMILES string of the molecule is CC(C)CCN1CC(c2ccccc2)NCC12CCCC2. The Morgan fingerprint density at radius 1 is 1.19 bits per heavy atom. The van der Waals surface area contributed by atoms with Gasteiger partial charge in [0.1, 0.15) is 0 Å². The Morgan fingerprint density at radius 2 is 1.90 bits per heavy atom. The van der Waals surface area contributed by atoms with Crippen LogP contribution in [0.4, 0.5) is 0 Å². The van der Waals surface area contributed by atoms with Crippen molar-refractivity contribution in [2.75, 3.05) is 19.6 Å². The van der Waals surface area contributed by atoms with E-state index in [2.05, 4.69) is 54.4 Å². The molecule has 21 heavy (non-hydrogen) atoms. The van der Waals surface area contributed by atoms with Gasteiger partial charge in [0.25, 0.3) is 0 Å². The molecule has 2 fully saturated rings. The molecule has 1 heterocycles. The Hall–Kier alpha value is -0.860. The summed E-state index contributed by atoms with van der Waals surface area (Å²) >= 11 is 0. The van der Waals surface area contributed by atoms with E-state index in [1.165, 1.54) is 57.3 Å². The van der Waals surface area contributed by atoms with Crippen LogP contribution in [0, 0.1) is 5.92 Å². The molecular weight excluding hydrogens is 256 g/mol. The highest BCUT2D eigenvalue weighted by Crippen LogP contribution is 2.39. The minimum atomic E-state index is 0.459. The molecule has 2 heteroatoms. The Morgan fingerprint density at radius 3 is 2.57 bits per heavy atom. The van der Waals surface area contributed by atoms with Gasteiger partial charge < -0.3 is 5.32 Å². The van der Waals surface area contributed by atoms with Gasteiger partial charge in [0.15, 0.2) is 0 Å². The first-order valence-electron chi connectivity index (χ1n) is 8.73. The molecule has 1 N–H and O–H groups in total. The second kappa shape index (κ2) is 6.50. The van der Waals surface area contributed by atoms with E-state index >= 15 is 0 Å². The lowest BCUT2D eigenvalue weighted by Gasteiger charge is -2.49. The van der Waals surface area contributed by atoms with Gasteiger partial charge in [-0.15, -0.1) is 0 Å². The van der Waals surface area contributed by atoms with E-state index in [0.29, 0.717) is 11.6 Å². The molecule has 0 aromatic heterocycles. The minimum absolute atomic E-state index is 0.459. The first-order chi connectivity index (χ1) is 10.2. The molecule has 1 aromatic rings. The molecule has 0 radical (unpaired) electrons. The van der Waals surface area contributed by atoms with Crippen LogP contribution in [0.1, 0.15) is 57.6 Å². The summed E-state index contributed by atoms with van der Waals surface area (Å²) in [7, 11) is 0. The fraction of sp³-hybridized carbons (Fsp3) is 0.684. The quantitative estimate of drug-likeness (QED) is 0.900. The van der Waals surface area contributed by atoms with Crippen LogP contribution in [0.25, 0.3) is 0 Å². The number of benzene rings is 1. The molecule has 1 spiro atoms. The molecule has 1 unspecified atom stereocenters. The number of hydrogen-bond donors (Lipinski definition) is 1. The topological polar surface area (TPSA) is 15.3 Å². The molecule has 1 atom stereocenters. The van der Waals surface area contributed by atoms with Crippen LogP contribution in [-0.2, 0) is 0 Å². The van der Waals surface area contributed by atoms with Crippen LogP contribution < -0.4 is 5.32 Å². The van der Waals surface area contributed by atoms with E-state index in [-0.39, 0.29) is 0 Å². The number of rotatable bonds is 4. The Bertz CT molecular complexity index is 434. The van der Waals surface area contributed by atoms with Crippen LogP contribution in [0.5, 0.6) is 0 Å². The van der Waals surface area contributed by atoms with Crippen molar-refractivity contribution in [1.82, 2.24) is 10.2 Å². The van der Waals surface area contributed by atoms with Gasteiger partial charge in [0.05, 0.1) is 0 Å². The molecule has 1 saturated heterocycles. The molecule has 3 rings (SSSR count). The van der Waals surface area contributed by atoms with Crippen molar-refractivity contribution in [3.8, 4) is 0 Å². The largest absolute Gasteiger partial charge is 0.307 e. The van der Waals surface area contributed by atoms with E-state index in [1.54, 1.807) is 0 Å². The third-order valence-corrected chi connectivity index (χ3v) is 5.46. The molecule has 1 aromatic carbocycles. The Kier molecular flexibility index (Phi) is 4.66. The van der Waals surface area contributed by atoms with Crippen LogP contribution >= 0.6 is 0 Å². The van der Waals surface area contributed by atoms with Crippen molar-refractivity contribution in [2.24, 2.45) is 5.92 Å². The zero-order valence-electron chi connectivity index (χ0n) is 13.6. The first-order valence-corrected chi connectivity index (χ1v) is 8.73. The van der Waals surface area contributed by atoms with E-state index in [1.807, 2.05) is 0 Å². The molecule has 2 nitrogen and oxygen atoms in total. The predicted octanol–water partition coefficient (Wildman–Crippen LogP) is 3.99. The maximum absolute atomic E-state index is 3.84. The fourth-order valence-electron chi connectivity index (χ4n) is 4.08. The van der Waals surface area contributed by atoms with Gasteiger partial charge in [0.2, 0.25) is 0 Å². The van der Waals surface area contributed by atoms with Crippen molar-refractivity contribution in [3.63, 3.8) is 0 Å². The minimum Gasteiger partial charge on any atom is -0.307 e. The summed E-state index contributed by atoms with van der Waals surface area (Å²) < 4.78 is 0. The van der Waals surface area contributed by atoms with Gasteiger partial charge in [-0.25, -0.2) is 0 Å². The van der Waals surface area contributed by atoms with Crippen molar-refractivity contribution in [3.05, 3.63) is 35.9 Å². The second-order valence-corrected chi connectivity index (χ2v) is 7.40. The number of nitrogens with zero attached hydrogens (tertiary/aromatic N) is 1. The lowest BCUT2D eigenvalue weighted by atomic mass is 9.88. The molecule has 1 aliphatic carbocycles. The number of piperazine rings is 1. The first kappa shape index (κ1) is 15.1. The predicted molar refractivity (Wildman–Crippen MR) is 89.4 cm³/mol. The third kappa shape index (κ3) is 3.32. The molecular formula is C19H30N2. The van der Waals surface area contributed by atoms with Gasteiger partial charge in [0, 0.05) is 24.7 Å². The highest BCUT2D eigenvalue weighted by atomic mass is 15.3. The summed E-state index contributed by atoms with van der Waals surface area (Å²) in [6, 6.07) is 11.5. The van der Waals surface area contributed by atoms with Crippen molar-refractivity contribution in [1.29, 1.82) is 0 Å². The summed E-state index contributed by atoms with van der Waals surface area (Å²) in [5, 5.41) is 3.84. The summed E-state index contributed by atoms with van der Waals surface area (Å²) in [6.45, 7) is 8.31. The maximum atomic E-state index is 3.84. The van der Waals surface area contributed by atoms with Crippen LogP contribution in [-0.4, -0.2) is 30.1 Å². The van der Waals surface area contributed by atoms with E-state index in [9.17, 15) is 0 Å². The van der Waals surface area contributed by atoms with Crippen LogP contribution in [0.2, 0.25) is 0 Å². The normalized spacial score (nSPS) is 25.8. The summed E-state index contributed by atoms with van der Waals surface area (Å²) in [4.78, 5) is 2.83.